The van der Waals surface area contributed by atoms with E-state index in [0.717, 1.165) is 48.1 Å². The van der Waals surface area contributed by atoms with Gasteiger partial charge in [0.2, 0.25) is 5.71 Å². The van der Waals surface area contributed by atoms with E-state index in [1.54, 1.807) is 6.26 Å². The number of nitrogens with zero attached hydrogens (tertiary/aromatic N) is 2. The van der Waals surface area contributed by atoms with E-state index < -0.39 is 0 Å². The number of allylic oxidation sites excluding steroid dienone is 4. The minimum absolute atomic E-state index is 0.227. The summed E-state index contributed by atoms with van der Waals surface area (Å²) in [5.74, 6) is 2.05. The van der Waals surface area contributed by atoms with E-state index in [0.29, 0.717) is 17.2 Å². The molecular formula is C21H25N3O3. The Morgan fingerprint density at radius 2 is 2.15 bits per heavy atom. The average Bonchev–Trinajstić information content (AvgIpc) is 3.33. The van der Waals surface area contributed by atoms with Crippen molar-refractivity contribution in [1.82, 2.24) is 9.97 Å². The van der Waals surface area contributed by atoms with Crippen LogP contribution in [0.25, 0.3) is 28.2 Å². The van der Waals surface area contributed by atoms with Crippen LogP contribution in [-0.4, -0.2) is 28.2 Å². The SMILES string of the molecule is C/C=C\C=C(/C)c1c(-c2ccco2)oc2ncnc(NCCCCCO)c12. The van der Waals surface area contributed by atoms with Crippen molar-refractivity contribution >= 4 is 22.5 Å². The minimum atomic E-state index is 0.227. The molecule has 0 atom stereocenters. The van der Waals surface area contributed by atoms with Crippen molar-refractivity contribution in [1.29, 1.82) is 0 Å². The number of hydrogen-bond acceptors (Lipinski definition) is 6. The van der Waals surface area contributed by atoms with E-state index in [9.17, 15) is 0 Å². The topological polar surface area (TPSA) is 84.3 Å². The Kier molecular flexibility index (Phi) is 6.44. The Morgan fingerprint density at radius 3 is 2.89 bits per heavy atom. The molecule has 0 radical (unpaired) electrons. The van der Waals surface area contributed by atoms with Crippen LogP contribution in [0.5, 0.6) is 0 Å². The summed E-state index contributed by atoms with van der Waals surface area (Å²) in [7, 11) is 0. The number of hydrogen-bond donors (Lipinski definition) is 2. The van der Waals surface area contributed by atoms with Gasteiger partial charge in [-0.2, -0.15) is 0 Å². The summed E-state index contributed by atoms with van der Waals surface area (Å²) in [5, 5.41) is 13.2. The molecule has 0 aliphatic rings. The van der Waals surface area contributed by atoms with Gasteiger partial charge in [0.05, 0.1) is 11.6 Å². The molecule has 0 saturated carbocycles. The lowest BCUT2D eigenvalue weighted by Crippen LogP contribution is -2.04. The smallest absolute Gasteiger partial charge is 0.232 e. The van der Waals surface area contributed by atoms with Gasteiger partial charge in [-0.05, 0) is 50.8 Å². The second-order valence-electron chi connectivity index (χ2n) is 6.27. The van der Waals surface area contributed by atoms with Crippen molar-refractivity contribution < 1.29 is 13.9 Å². The maximum Gasteiger partial charge on any atom is 0.232 e. The quantitative estimate of drug-likeness (QED) is 0.407. The number of aromatic nitrogens is 2. The van der Waals surface area contributed by atoms with Crippen LogP contribution in [0.1, 0.15) is 38.7 Å². The standard InChI is InChI=1S/C21H25N3O3/c1-3-4-9-15(2)17-18-20(22-11-6-5-7-12-25)23-14-24-21(18)27-19(17)16-10-8-13-26-16/h3-4,8-10,13-14,25H,5-7,11-12H2,1-2H3,(H,22,23,24)/b4-3-,15-9+. The first-order valence-corrected chi connectivity index (χ1v) is 9.22. The Balaban J connectivity index is 2.05. The fraction of sp³-hybridized carbons (Fsp3) is 0.333. The molecule has 6 nitrogen and oxygen atoms in total. The van der Waals surface area contributed by atoms with Gasteiger partial charge < -0.3 is 19.3 Å². The second kappa shape index (κ2) is 9.19. The molecule has 142 valence electrons. The van der Waals surface area contributed by atoms with Crippen LogP contribution in [0, 0.1) is 0 Å². The summed E-state index contributed by atoms with van der Waals surface area (Å²) in [6.07, 6.45) is 11.9. The fourth-order valence-corrected chi connectivity index (χ4v) is 2.97. The van der Waals surface area contributed by atoms with Crippen LogP contribution >= 0.6 is 0 Å². The first kappa shape index (κ1) is 18.9. The lowest BCUT2D eigenvalue weighted by atomic mass is 10.0. The highest BCUT2D eigenvalue weighted by atomic mass is 16.4. The molecule has 27 heavy (non-hydrogen) atoms. The summed E-state index contributed by atoms with van der Waals surface area (Å²) in [5.41, 5.74) is 2.49. The highest BCUT2D eigenvalue weighted by molar-refractivity contribution is 6.01. The van der Waals surface area contributed by atoms with Crippen molar-refractivity contribution in [3.05, 3.63) is 48.5 Å². The Morgan fingerprint density at radius 1 is 1.26 bits per heavy atom. The zero-order valence-electron chi connectivity index (χ0n) is 15.7. The molecule has 0 spiro atoms. The predicted molar refractivity (Wildman–Crippen MR) is 107 cm³/mol. The van der Waals surface area contributed by atoms with Gasteiger partial charge in [-0.15, -0.1) is 0 Å². The predicted octanol–water partition coefficient (Wildman–Crippen LogP) is 5.04. The normalized spacial score (nSPS) is 12.3. The Labute approximate surface area is 158 Å². The molecule has 0 saturated heterocycles. The van der Waals surface area contributed by atoms with E-state index in [2.05, 4.69) is 15.3 Å². The van der Waals surface area contributed by atoms with Crippen LogP contribution in [0.3, 0.4) is 0 Å². The maximum atomic E-state index is 8.91. The molecule has 3 aromatic rings. The van der Waals surface area contributed by atoms with Gasteiger partial charge in [0.25, 0.3) is 0 Å². The highest BCUT2D eigenvalue weighted by Gasteiger charge is 2.23. The molecule has 0 fully saturated rings. The molecule has 3 aromatic heterocycles. The number of nitrogens with one attached hydrogen (secondary N) is 1. The Bertz CT molecular complexity index is 924. The Hall–Kier alpha value is -2.86. The van der Waals surface area contributed by atoms with Gasteiger partial charge in [-0.3, -0.25) is 0 Å². The van der Waals surface area contributed by atoms with Crippen molar-refractivity contribution in [3.8, 4) is 11.5 Å². The summed E-state index contributed by atoms with van der Waals surface area (Å²) < 4.78 is 11.6. The third kappa shape index (κ3) is 4.28. The fourth-order valence-electron chi connectivity index (χ4n) is 2.97. The first-order chi connectivity index (χ1) is 13.3. The van der Waals surface area contributed by atoms with Gasteiger partial charge in [-0.1, -0.05) is 18.2 Å². The molecular weight excluding hydrogens is 342 g/mol. The molecule has 3 rings (SSSR count). The number of aliphatic hydroxyl groups is 1. The largest absolute Gasteiger partial charge is 0.461 e. The average molecular weight is 367 g/mol. The third-order valence-corrected chi connectivity index (χ3v) is 4.29. The van der Waals surface area contributed by atoms with Gasteiger partial charge in [0.1, 0.15) is 12.1 Å². The van der Waals surface area contributed by atoms with Crippen molar-refractivity contribution in [3.63, 3.8) is 0 Å². The summed E-state index contributed by atoms with van der Waals surface area (Å²) in [6.45, 7) is 5.01. The number of aliphatic hydroxyl groups excluding tert-OH is 1. The molecule has 0 amide bonds. The van der Waals surface area contributed by atoms with Crippen LogP contribution in [0.15, 0.2) is 51.8 Å². The van der Waals surface area contributed by atoms with Gasteiger partial charge >= 0.3 is 0 Å². The lowest BCUT2D eigenvalue weighted by Gasteiger charge is -2.08. The zero-order valence-corrected chi connectivity index (χ0v) is 15.7. The van der Waals surface area contributed by atoms with Crippen LogP contribution < -0.4 is 5.32 Å². The summed E-state index contributed by atoms with van der Waals surface area (Å²) in [6, 6.07) is 3.71. The molecule has 0 unspecified atom stereocenters. The number of furan rings is 2. The molecule has 0 bridgehead atoms. The van der Waals surface area contributed by atoms with E-state index in [1.807, 2.05) is 44.2 Å². The molecule has 2 N–H and O–H groups in total. The van der Waals surface area contributed by atoms with Gasteiger partial charge in [0.15, 0.2) is 11.5 Å². The summed E-state index contributed by atoms with van der Waals surface area (Å²) >= 11 is 0. The third-order valence-electron chi connectivity index (χ3n) is 4.29. The molecule has 0 aromatic carbocycles. The van der Waals surface area contributed by atoms with Crippen molar-refractivity contribution in [2.45, 2.75) is 33.1 Å². The zero-order chi connectivity index (χ0) is 19.1. The number of unbranched alkanes of at least 4 members (excludes halogenated alkanes) is 2. The molecule has 6 heteroatoms. The van der Waals surface area contributed by atoms with E-state index >= 15 is 0 Å². The van der Waals surface area contributed by atoms with E-state index in [-0.39, 0.29) is 6.61 Å². The number of anilines is 1. The van der Waals surface area contributed by atoms with Gasteiger partial charge in [-0.25, -0.2) is 9.97 Å². The van der Waals surface area contributed by atoms with E-state index in [1.165, 1.54) is 6.33 Å². The van der Waals surface area contributed by atoms with Crippen molar-refractivity contribution in [2.75, 3.05) is 18.5 Å². The first-order valence-electron chi connectivity index (χ1n) is 9.22. The molecule has 0 aliphatic carbocycles. The number of fused-ring (bicyclic) bond motifs is 1. The lowest BCUT2D eigenvalue weighted by molar-refractivity contribution is 0.283. The van der Waals surface area contributed by atoms with Crippen molar-refractivity contribution in [2.24, 2.45) is 0 Å². The van der Waals surface area contributed by atoms with Crippen LogP contribution in [0.2, 0.25) is 0 Å². The monoisotopic (exact) mass is 367 g/mol. The van der Waals surface area contributed by atoms with Gasteiger partial charge in [0, 0.05) is 18.7 Å². The van der Waals surface area contributed by atoms with E-state index in [4.69, 9.17) is 13.9 Å². The maximum absolute atomic E-state index is 8.91. The molecule has 3 heterocycles. The highest BCUT2D eigenvalue weighted by Crippen LogP contribution is 2.40. The van der Waals surface area contributed by atoms with Crippen LogP contribution in [-0.2, 0) is 0 Å². The molecule has 0 aliphatic heterocycles. The van der Waals surface area contributed by atoms with Crippen LogP contribution in [0.4, 0.5) is 5.82 Å². The summed E-state index contributed by atoms with van der Waals surface area (Å²) in [4.78, 5) is 8.75. The minimum Gasteiger partial charge on any atom is -0.461 e. The second-order valence-corrected chi connectivity index (χ2v) is 6.27. The number of rotatable bonds is 9.